The average molecular weight is 648 g/mol. The van der Waals surface area contributed by atoms with Crippen molar-refractivity contribution in [1.82, 2.24) is 10.2 Å². The third kappa shape index (κ3) is 8.63. The van der Waals surface area contributed by atoms with E-state index >= 15 is 0 Å². The molecule has 9 nitrogen and oxygen atoms in total. The summed E-state index contributed by atoms with van der Waals surface area (Å²) in [5, 5.41) is 2.92. The number of nitrogens with one attached hydrogen (secondary N) is 1. The number of carbonyl (C=O) groups is 2. The number of benzene rings is 4. The number of hydrogen-bond acceptors (Lipinski definition) is 6. The van der Waals surface area contributed by atoms with Crippen LogP contribution in [0.15, 0.2) is 108 Å². The van der Waals surface area contributed by atoms with Gasteiger partial charge >= 0.3 is 0 Å². The van der Waals surface area contributed by atoms with E-state index in [2.05, 4.69) is 5.32 Å². The van der Waals surface area contributed by atoms with Crippen LogP contribution in [-0.2, 0) is 32.6 Å². The van der Waals surface area contributed by atoms with Crippen molar-refractivity contribution in [3.8, 4) is 11.5 Å². The van der Waals surface area contributed by atoms with E-state index < -0.39 is 34.3 Å². The monoisotopic (exact) mass is 647 g/mol. The highest BCUT2D eigenvalue weighted by molar-refractivity contribution is 7.92. The molecule has 0 spiro atoms. The van der Waals surface area contributed by atoms with Gasteiger partial charge in [0.15, 0.2) is 0 Å². The third-order valence-electron chi connectivity index (χ3n) is 7.23. The first-order valence-electron chi connectivity index (χ1n) is 14.7. The number of halogens is 1. The fourth-order valence-electron chi connectivity index (χ4n) is 4.91. The van der Waals surface area contributed by atoms with E-state index in [1.54, 1.807) is 24.3 Å². The standard InChI is InChI=1S/C35H38FN3O6S/c1-25(2)37-35(41)33(22-26-9-6-5-7-10-26)38(23-27-11-8-12-31(21-27)45-4)34(40)24-39(29-15-13-28(36)14-16-29)46(42,43)32-19-17-30(44-3)18-20-32/h5-21,25,33H,22-24H2,1-4H3,(H,37,41)/t33-/m0/s1. The minimum absolute atomic E-state index is 0.0150. The van der Waals surface area contributed by atoms with Gasteiger partial charge in [0.25, 0.3) is 10.0 Å². The highest BCUT2D eigenvalue weighted by Gasteiger charge is 2.35. The molecule has 1 N–H and O–H groups in total. The zero-order valence-electron chi connectivity index (χ0n) is 26.2. The van der Waals surface area contributed by atoms with Gasteiger partial charge < -0.3 is 19.7 Å². The van der Waals surface area contributed by atoms with Gasteiger partial charge in [-0.1, -0.05) is 42.5 Å². The summed E-state index contributed by atoms with van der Waals surface area (Å²) in [5.41, 5.74) is 1.57. The Morgan fingerprint density at radius 2 is 1.43 bits per heavy atom. The fraction of sp³-hybridized carbons (Fsp3) is 0.257. The lowest BCUT2D eigenvalue weighted by atomic mass is 10.0. The van der Waals surface area contributed by atoms with Crippen molar-refractivity contribution in [1.29, 1.82) is 0 Å². The molecule has 0 fully saturated rings. The van der Waals surface area contributed by atoms with Gasteiger partial charge in [-0.2, -0.15) is 0 Å². The van der Waals surface area contributed by atoms with Gasteiger partial charge in [0.1, 0.15) is 29.9 Å². The molecule has 0 bridgehead atoms. The number of nitrogens with zero attached hydrogens (tertiary/aromatic N) is 2. The predicted molar refractivity (Wildman–Crippen MR) is 175 cm³/mol. The van der Waals surface area contributed by atoms with Crippen LogP contribution in [0.1, 0.15) is 25.0 Å². The summed E-state index contributed by atoms with van der Waals surface area (Å²) in [5.74, 6) is -0.575. The van der Waals surface area contributed by atoms with Crippen LogP contribution < -0.4 is 19.1 Å². The molecule has 0 aliphatic heterocycles. The number of rotatable bonds is 14. The minimum Gasteiger partial charge on any atom is -0.497 e. The summed E-state index contributed by atoms with van der Waals surface area (Å²) in [7, 11) is -1.35. The van der Waals surface area contributed by atoms with Crippen LogP contribution >= 0.6 is 0 Å². The summed E-state index contributed by atoms with van der Waals surface area (Å²) >= 11 is 0. The highest BCUT2D eigenvalue weighted by atomic mass is 32.2. The van der Waals surface area contributed by atoms with Gasteiger partial charge in [0.2, 0.25) is 11.8 Å². The minimum atomic E-state index is -4.34. The SMILES string of the molecule is COc1ccc(S(=O)(=O)N(CC(=O)N(Cc2cccc(OC)c2)[C@@H](Cc2ccccc2)C(=O)NC(C)C)c2ccc(F)cc2)cc1. The Labute approximate surface area is 269 Å². The van der Waals surface area contributed by atoms with E-state index in [4.69, 9.17) is 9.47 Å². The van der Waals surface area contributed by atoms with Crippen molar-refractivity contribution in [2.75, 3.05) is 25.1 Å². The van der Waals surface area contributed by atoms with E-state index in [9.17, 15) is 22.4 Å². The van der Waals surface area contributed by atoms with Gasteiger partial charge in [-0.25, -0.2) is 12.8 Å². The van der Waals surface area contributed by atoms with Crippen molar-refractivity contribution < 1.29 is 31.9 Å². The Kier molecular flexibility index (Phi) is 11.4. The second-order valence-corrected chi connectivity index (χ2v) is 12.8. The lowest BCUT2D eigenvalue weighted by Crippen LogP contribution is -2.54. The van der Waals surface area contributed by atoms with Crippen LogP contribution in [0.25, 0.3) is 0 Å². The average Bonchev–Trinajstić information content (AvgIpc) is 3.05. The highest BCUT2D eigenvalue weighted by Crippen LogP contribution is 2.27. The van der Waals surface area contributed by atoms with Crippen LogP contribution in [0.5, 0.6) is 11.5 Å². The quantitative estimate of drug-likeness (QED) is 0.202. The van der Waals surface area contributed by atoms with Crippen molar-refractivity contribution in [3.63, 3.8) is 0 Å². The number of ether oxygens (including phenoxy) is 2. The number of carbonyl (C=O) groups excluding carboxylic acids is 2. The van der Waals surface area contributed by atoms with E-state index in [0.29, 0.717) is 17.1 Å². The van der Waals surface area contributed by atoms with Gasteiger partial charge in [0.05, 0.1) is 24.8 Å². The first kappa shape index (κ1) is 34.0. The van der Waals surface area contributed by atoms with Gasteiger partial charge in [-0.15, -0.1) is 0 Å². The second-order valence-electron chi connectivity index (χ2n) is 10.9. The maximum Gasteiger partial charge on any atom is 0.264 e. The Morgan fingerprint density at radius 1 is 0.804 bits per heavy atom. The van der Waals surface area contributed by atoms with Crippen LogP contribution in [0.3, 0.4) is 0 Å². The number of hydrogen-bond donors (Lipinski definition) is 1. The Morgan fingerprint density at radius 3 is 2.04 bits per heavy atom. The molecule has 4 rings (SSSR count). The molecule has 0 saturated carbocycles. The van der Waals surface area contributed by atoms with Crippen LogP contribution in [0.4, 0.5) is 10.1 Å². The summed E-state index contributed by atoms with van der Waals surface area (Å²) in [4.78, 5) is 29.5. The van der Waals surface area contributed by atoms with E-state index in [1.807, 2.05) is 44.2 Å². The maximum atomic E-state index is 14.5. The van der Waals surface area contributed by atoms with Crippen molar-refractivity contribution in [2.24, 2.45) is 0 Å². The van der Waals surface area contributed by atoms with Crippen LogP contribution in [0, 0.1) is 5.82 Å². The normalized spacial score (nSPS) is 11.9. The summed E-state index contributed by atoms with van der Waals surface area (Å²) in [6, 6.07) is 25.7. The molecule has 0 radical (unpaired) electrons. The van der Waals surface area contributed by atoms with Crippen molar-refractivity contribution in [2.45, 2.75) is 43.8 Å². The molecule has 0 saturated heterocycles. The molecule has 0 heterocycles. The topological polar surface area (TPSA) is 105 Å². The van der Waals surface area contributed by atoms with Crippen LogP contribution in [0.2, 0.25) is 0 Å². The van der Waals surface area contributed by atoms with E-state index in [-0.39, 0.29) is 35.5 Å². The van der Waals surface area contributed by atoms with E-state index in [0.717, 1.165) is 22.0 Å². The molecule has 242 valence electrons. The molecule has 2 amide bonds. The number of amides is 2. The first-order valence-corrected chi connectivity index (χ1v) is 16.1. The molecule has 0 unspecified atom stereocenters. The molecule has 11 heteroatoms. The Hall–Kier alpha value is -4.90. The molecule has 0 aliphatic rings. The van der Waals surface area contributed by atoms with E-state index in [1.165, 1.54) is 55.5 Å². The lowest BCUT2D eigenvalue weighted by Gasteiger charge is -2.34. The van der Waals surface area contributed by atoms with Gasteiger partial charge in [-0.05, 0) is 85.6 Å². The molecule has 4 aromatic carbocycles. The van der Waals surface area contributed by atoms with Gasteiger partial charge in [0, 0.05) is 19.0 Å². The van der Waals surface area contributed by atoms with Gasteiger partial charge in [-0.3, -0.25) is 13.9 Å². The largest absolute Gasteiger partial charge is 0.497 e. The first-order chi connectivity index (χ1) is 22.0. The number of sulfonamides is 1. The zero-order valence-corrected chi connectivity index (χ0v) is 27.0. The molecule has 46 heavy (non-hydrogen) atoms. The smallest absolute Gasteiger partial charge is 0.264 e. The third-order valence-corrected chi connectivity index (χ3v) is 9.02. The predicted octanol–water partition coefficient (Wildman–Crippen LogP) is 5.20. The number of anilines is 1. The summed E-state index contributed by atoms with van der Waals surface area (Å²) in [6.45, 7) is 2.97. The number of methoxy groups -OCH3 is 2. The molecule has 0 aromatic heterocycles. The van der Waals surface area contributed by atoms with Crippen molar-refractivity contribution in [3.05, 3.63) is 120 Å². The molecular formula is C35H38FN3O6S. The molecule has 1 atom stereocenters. The Bertz CT molecular complexity index is 1720. The molecule has 4 aromatic rings. The summed E-state index contributed by atoms with van der Waals surface area (Å²) < 4.78 is 53.6. The van der Waals surface area contributed by atoms with Crippen LogP contribution in [-0.4, -0.2) is 58.0 Å². The fourth-order valence-corrected chi connectivity index (χ4v) is 6.33. The molecule has 0 aliphatic carbocycles. The zero-order chi connectivity index (χ0) is 33.3. The molecular weight excluding hydrogens is 609 g/mol. The lowest BCUT2D eigenvalue weighted by molar-refractivity contribution is -0.140. The second kappa shape index (κ2) is 15.4. The Balaban J connectivity index is 1.81. The summed E-state index contributed by atoms with van der Waals surface area (Å²) in [6.07, 6.45) is 0.177. The van der Waals surface area contributed by atoms with Crippen molar-refractivity contribution >= 4 is 27.5 Å². The maximum absolute atomic E-state index is 14.5.